The van der Waals surface area contributed by atoms with E-state index >= 15 is 0 Å². The van der Waals surface area contributed by atoms with Crippen LogP contribution in [0.4, 0.5) is 5.69 Å². The Bertz CT molecular complexity index is 813. The van der Waals surface area contributed by atoms with Gasteiger partial charge in [-0.25, -0.2) is 4.98 Å². The first-order valence-corrected chi connectivity index (χ1v) is 7.36. The highest BCUT2D eigenvalue weighted by Gasteiger charge is 2.11. The number of hydrogen-bond acceptors (Lipinski definition) is 3. The molecule has 3 nitrogen and oxygen atoms in total. The predicted octanol–water partition coefficient (Wildman–Crippen LogP) is 4.00. The van der Waals surface area contributed by atoms with Crippen LogP contribution in [0.5, 0.6) is 0 Å². The van der Waals surface area contributed by atoms with Crippen LogP contribution >= 0.6 is 15.9 Å². The number of aromatic nitrogens is 1. The van der Waals surface area contributed by atoms with Gasteiger partial charge in [0.1, 0.15) is 5.69 Å². The van der Waals surface area contributed by atoms with Gasteiger partial charge in [-0.05, 0) is 29.8 Å². The molecule has 1 aromatic heterocycles. The highest BCUT2D eigenvalue weighted by molar-refractivity contribution is 9.10. The van der Waals surface area contributed by atoms with E-state index in [0.29, 0.717) is 17.8 Å². The SMILES string of the molecule is Nc1cc(C(=O)Cc2ccc(Br)cc2)nc2ccccc12. The van der Waals surface area contributed by atoms with Crippen LogP contribution in [0.2, 0.25) is 0 Å². The van der Waals surface area contributed by atoms with E-state index in [0.717, 1.165) is 20.9 Å². The van der Waals surface area contributed by atoms with Crippen molar-refractivity contribution in [2.24, 2.45) is 0 Å². The second-order valence-electron chi connectivity index (χ2n) is 4.84. The number of carbonyl (C=O) groups excluding carboxylic acids is 1. The van der Waals surface area contributed by atoms with Crippen molar-refractivity contribution in [3.05, 3.63) is 70.3 Å². The highest BCUT2D eigenvalue weighted by Crippen LogP contribution is 2.21. The van der Waals surface area contributed by atoms with Crippen molar-refractivity contribution in [2.75, 3.05) is 5.73 Å². The minimum Gasteiger partial charge on any atom is -0.398 e. The molecule has 0 bridgehead atoms. The van der Waals surface area contributed by atoms with Crippen LogP contribution < -0.4 is 5.73 Å². The van der Waals surface area contributed by atoms with Gasteiger partial charge in [0, 0.05) is 22.0 Å². The molecule has 21 heavy (non-hydrogen) atoms. The summed E-state index contributed by atoms with van der Waals surface area (Å²) < 4.78 is 0.992. The number of halogens is 1. The molecule has 0 fully saturated rings. The van der Waals surface area contributed by atoms with E-state index in [1.165, 1.54) is 0 Å². The van der Waals surface area contributed by atoms with Crippen LogP contribution in [0.1, 0.15) is 16.1 Å². The fourth-order valence-electron chi connectivity index (χ4n) is 2.22. The predicted molar refractivity (Wildman–Crippen MR) is 88.3 cm³/mol. The number of rotatable bonds is 3. The minimum atomic E-state index is -0.0326. The second-order valence-corrected chi connectivity index (χ2v) is 5.76. The number of hydrogen-bond donors (Lipinski definition) is 1. The maximum absolute atomic E-state index is 12.4. The number of pyridine rings is 1. The van der Waals surface area contributed by atoms with E-state index in [1.807, 2.05) is 48.5 Å². The number of benzene rings is 2. The van der Waals surface area contributed by atoms with Gasteiger partial charge in [0.15, 0.2) is 5.78 Å². The van der Waals surface area contributed by atoms with Crippen LogP contribution in [0.25, 0.3) is 10.9 Å². The Balaban J connectivity index is 1.92. The number of para-hydroxylation sites is 1. The molecule has 0 unspecified atom stereocenters. The summed E-state index contributed by atoms with van der Waals surface area (Å²) in [6.07, 6.45) is 0.318. The lowest BCUT2D eigenvalue weighted by Crippen LogP contribution is -2.07. The summed E-state index contributed by atoms with van der Waals surface area (Å²) in [7, 11) is 0. The number of carbonyl (C=O) groups is 1. The quantitative estimate of drug-likeness (QED) is 0.733. The molecule has 0 saturated heterocycles. The van der Waals surface area contributed by atoms with Gasteiger partial charge in [-0.1, -0.05) is 46.3 Å². The molecule has 3 rings (SSSR count). The van der Waals surface area contributed by atoms with E-state index < -0.39 is 0 Å². The van der Waals surface area contributed by atoms with Crippen molar-refractivity contribution in [3.8, 4) is 0 Å². The zero-order chi connectivity index (χ0) is 14.8. The van der Waals surface area contributed by atoms with Gasteiger partial charge in [0.05, 0.1) is 5.52 Å². The third-order valence-corrected chi connectivity index (χ3v) is 3.84. The van der Waals surface area contributed by atoms with E-state index in [1.54, 1.807) is 6.07 Å². The van der Waals surface area contributed by atoms with Gasteiger partial charge in [0.2, 0.25) is 0 Å². The minimum absolute atomic E-state index is 0.0326. The molecule has 0 aliphatic heterocycles. The summed E-state index contributed by atoms with van der Waals surface area (Å²) in [6.45, 7) is 0. The first kappa shape index (κ1) is 13.8. The lowest BCUT2D eigenvalue weighted by molar-refractivity contribution is 0.0988. The highest BCUT2D eigenvalue weighted by atomic mass is 79.9. The average Bonchev–Trinajstić information content (AvgIpc) is 2.49. The molecule has 2 N–H and O–H groups in total. The Hall–Kier alpha value is -2.20. The standard InChI is InChI=1S/C17H13BrN2O/c18-12-7-5-11(6-8-12)9-17(21)16-10-14(19)13-3-1-2-4-15(13)20-16/h1-8,10H,9H2,(H2,19,20). The van der Waals surface area contributed by atoms with Gasteiger partial charge in [-0.3, -0.25) is 4.79 Å². The molecule has 0 aliphatic carbocycles. The van der Waals surface area contributed by atoms with Crippen LogP contribution in [0, 0.1) is 0 Å². The van der Waals surface area contributed by atoms with E-state index in [-0.39, 0.29) is 5.78 Å². The number of ketones is 1. The molecule has 104 valence electrons. The number of fused-ring (bicyclic) bond motifs is 1. The summed E-state index contributed by atoms with van der Waals surface area (Å²) in [5, 5.41) is 0.873. The molecular weight excluding hydrogens is 328 g/mol. The smallest absolute Gasteiger partial charge is 0.185 e. The zero-order valence-electron chi connectivity index (χ0n) is 11.2. The second kappa shape index (κ2) is 5.66. The monoisotopic (exact) mass is 340 g/mol. The Morgan fingerprint density at radius 3 is 2.57 bits per heavy atom. The molecule has 0 radical (unpaired) electrons. The van der Waals surface area contributed by atoms with Crippen molar-refractivity contribution < 1.29 is 4.79 Å². The number of Topliss-reactive ketones (excluding diaryl/α,β-unsaturated/α-hetero) is 1. The van der Waals surface area contributed by atoms with Gasteiger partial charge in [0.25, 0.3) is 0 Å². The molecule has 0 saturated carbocycles. The third-order valence-electron chi connectivity index (χ3n) is 3.31. The largest absolute Gasteiger partial charge is 0.398 e. The van der Waals surface area contributed by atoms with Gasteiger partial charge in [-0.2, -0.15) is 0 Å². The van der Waals surface area contributed by atoms with Crippen molar-refractivity contribution >= 4 is 38.3 Å². The normalized spacial score (nSPS) is 10.7. The summed E-state index contributed by atoms with van der Waals surface area (Å²) in [4.78, 5) is 16.8. The molecule has 0 amide bonds. The summed E-state index contributed by atoms with van der Waals surface area (Å²) in [6, 6.07) is 16.9. The molecule has 1 heterocycles. The molecule has 2 aromatic carbocycles. The van der Waals surface area contributed by atoms with Crippen LogP contribution in [-0.2, 0) is 6.42 Å². The zero-order valence-corrected chi connectivity index (χ0v) is 12.8. The summed E-state index contributed by atoms with van der Waals surface area (Å²) in [5.74, 6) is -0.0326. The third kappa shape index (κ3) is 2.95. The van der Waals surface area contributed by atoms with Crippen molar-refractivity contribution in [1.29, 1.82) is 0 Å². The number of nitrogens with zero attached hydrogens (tertiary/aromatic N) is 1. The average molecular weight is 341 g/mol. The van der Waals surface area contributed by atoms with Crippen LogP contribution in [-0.4, -0.2) is 10.8 Å². The Kier molecular flexibility index (Phi) is 3.71. The van der Waals surface area contributed by atoms with Gasteiger partial charge in [-0.15, -0.1) is 0 Å². The van der Waals surface area contributed by atoms with Crippen LogP contribution in [0.15, 0.2) is 59.1 Å². The fourth-order valence-corrected chi connectivity index (χ4v) is 2.49. The van der Waals surface area contributed by atoms with Crippen molar-refractivity contribution in [2.45, 2.75) is 6.42 Å². The van der Waals surface area contributed by atoms with Crippen molar-refractivity contribution in [3.63, 3.8) is 0 Å². The molecule has 0 aliphatic rings. The Morgan fingerprint density at radius 2 is 1.81 bits per heavy atom. The lowest BCUT2D eigenvalue weighted by Gasteiger charge is -2.06. The first-order chi connectivity index (χ1) is 10.1. The maximum atomic E-state index is 12.4. The van der Waals surface area contributed by atoms with Gasteiger partial charge < -0.3 is 5.73 Å². The fraction of sp³-hybridized carbons (Fsp3) is 0.0588. The van der Waals surface area contributed by atoms with Gasteiger partial charge >= 0.3 is 0 Å². The maximum Gasteiger partial charge on any atom is 0.185 e. The lowest BCUT2D eigenvalue weighted by atomic mass is 10.1. The molecule has 3 aromatic rings. The van der Waals surface area contributed by atoms with Crippen LogP contribution in [0.3, 0.4) is 0 Å². The van der Waals surface area contributed by atoms with E-state index in [9.17, 15) is 4.79 Å². The Morgan fingerprint density at radius 1 is 1.10 bits per heavy atom. The summed E-state index contributed by atoms with van der Waals surface area (Å²) in [5.41, 5.74) is 8.71. The number of nitrogen functional groups attached to an aromatic ring is 1. The molecule has 0 atom stereocenters. The molecule has 4 heteroatoms. The Labute approximate surface area is 130 Å². The number of anilines is 1. The molecule has 0 spiro atoms. The van der Waals surface area contributed by atoms with E-state index in [2.05, 4.69) is 20.9 Å². The first-order valence-electron chi connectivity index (χ1n) is 6.56. The summed E-state index contributed by atoms with van der Waals surface area (Å²) >= 11 is 3.38. The van der Waals surface area contributed by atoms with Crippen molar-refractivity contribution in [1.82, 2.24) is 4.98 Å². The molecular formula is C17H13BrN2O. The topological polar surface area (TPSA) is 56.0 Å². The number of nitrogens with two attached hydrogens (primary N) is 1. The van der Waals surface area contributed by atoms with E-state index in [4.69, 9.17) is 5.73 Å².